The Balaban J connectivity index is 1.27. The Morgan fingerprint density at radius 1 is 1.17 bits per heavy atom. The molecule has 0 radical (unpaired) electrons. The van der Waals surface area contributed by atoms with Gasteiger partial charge < -0.3 is 14.5 Å². The lowest BCUT2D eigenvalue weighted by Crippen LogP contribution is -2.49. The smallest absolute Gasteiger partial charge is 0.229 e. The highest BCUT2D eigenvalue weighted by molar-refractivity contribution is 5.89. The van der Waals surface area contributed by atoms with Crippen molar-refractivity contribution in [1.82, 2.24) is 20.0 Å². The number of nitrogens with one attached hydrogen (secondary N) is 1. The summed E-state index contributed by atoms with van der Waals surface area (Å²) in [4.78, 5) is 30.0. The predicted molar refractivity (Wildman–Crippen MR) is 109 cm³/mol. The zero-order valence-electron chi connectivity index (χ0n) is 16.5. The van der Waals surface area contributed by atoms with Gasteiger partial charge in [0.25, 0.3) is 0 Å². The fourth-order valence-corrected chi connectivity index (χ4v) is 5.47. The van der Waals surface area contributed by atoms with Crippen molar-refractivity contribution >= 4 is 22.7 Å². The van der Waals surface area contributed by atoms with Crippen molar-refractivity contribution in [2.24, 2.45) is 0 Å². The molecule has 3 saturated heterocycles. The minimum absolute atomic E-state index is 0.00712. The van der Waals surface area contributed by atoms with Crippen LogP contribution in [0.15, 0.2) is 54.6 Å². The lowest BCUT2D eigenvalue weighted by atomic mass is 10.0. The van der Waals surface area contributed by atoms with Gasteiger partial charge in [0.1, 0.15) is 0 Å². The molecule has 3 aromatic rings. The lowest BCUT2D eigenvalue weighted by Gasteiger charge is -2.33. The second-order valence-corrected chi connectivity index (χ2v) is 8.30. The van der Waals surface area contributed by atoms with Gasteiger partial charge in [-0.3, -0.25) is 14.7 Å². The molecule has 3 aliphatic rings. The van der Waals surface area contributed by atoms with Gasteiger partial charge in [0.2, 0.25) is 11.8 Å². The summed E-state index contributed by atoms with van der Waals surface area (Å²) < 4.78 is 6.30. The second kappa shape index (κ2) is 6.40. The van der Waals surface area contributed by atoms with Crippen molar-refractivity contribution in [2.75, 3.05) is 13.2 Å². The number of aromatic nitrogens is 2. The molecular weight excluding hydrogens is 380 g/mol. The van der Waals surface area contributed by atoms with Crippen LogP contribution in [-0.2, 0) is 20.7 Å². The third-order valence-electron chi connectivity index (χ3n) is 6.83. The Bertz CT molecular complexity index is 1140. The van der Waals surface area contributed by atoms with E-state index in [0.717, 1.165) is 22.2 Å². The topological polar surface area (TPSA) is 78.5 Å². The van der Waals surface area contributed by atoms with Gasteiger partial charge in [0.15, 0.2) is 5.72 Å². The summed E-state index contributed by atoms with van der Waals surface area (Å²) in [5.41, 5.74) is 2.05. The molecule has 0 bridgehead atoms. The number of likely N-dealkylation sites (tertiary alicyclic amines) is 1. The molecule has 3 fully saturated rings. The average molecular weight is 402 g/mol. The van der Waals surface area contributed by atoms with Crippen LogP contribution >= 0.6 is 0 Å². The van der Waals surface area contributed by atoms with Crippen LogP contribution in [0, 0.1) is 0 Å². The van der Waals surface area contributed by atoms with Gasteiger partial charge >= 0.3 is 0 Å². The molecule has 7 heteroatoms. The minimum Gasteiger partial charge on any atom is -0.351 e. The number of aromatic amines is 1. The average Bonchev–Trinajstić information content (AvgIpc) is 3.50. The van der Waals surface area contributed by atoms with Gasteiger partial charge in [-0.15, -0.1) is 0 Å². The summed E-state index contributed by atoms with van der Waals surface area (Å²) >= 11 is 0. The fraction of sp³-hybridized carbons (Fsp3) is 0.348. The number of hydrogen-bond donors (Lipinski definition) is 1. The van der Waals surface area contributed by atoms with Gasteiger partial charge in [-0.05, 0) is 11.6 Å². The molecule has 1 aromatic heterocycles. The fourth-order valence-electron chi connectivity index (χ4n) is 5.47. The molecule has 0 unspecified atom stereocenters. The molecule has 152 valence electrons. The monoisotopic (exact) mass is 402 g/mol. The number of ether oxygens (including phenoxy) is 1. The number of carbonyl (C=O) groups is 2. The van der Waals surface area contributed by atoms with Crippen LogP contribution in [0.1, 0.15) is 30.1 Å². The third-order valence-corrected chi connectivity index (χ3v) is 6.83. The number of carbonyl (C=O) groups excluding carboxylic acids is 2. The number of nitrogens with zero attached hydrogens (tertiary/aromatic N) is 3. The summed E-state index contributed by atoms with van der Waals surface area (Å²) in [5, 5.41) is 8.26. The van der Waals surface area contributed by atoms with Crippen LogP contribution in [0.5, 0.6) is 0 Å². The van der Waals surface area contributed by atoms with Crippen LogP contribution in [0.25, 0.3) is 10.9 Å². The molecule has 3 atom stereocenters. The van der Waals surface area contributed by atoms with E-state index in [4.69, 9.17) is 4.74 Å². The van der Waals surface area contributed by atoms with E-state index in [1.54, 1.807) is 0 Å². The number of para-hydroxylation sites is 1. The van der Waals surface area contributed by atoms with Gasteiger partial charge in [0.05, 0.1) is 42.7 Å². The highest BCUT2D eigenvalue weighted by Gasteiger charge is 2.65. The summed E-state index contributed by atoms with van der Waals surface area (Å²) in [6.07, 6.45) is 1.21. The highest BCUT2D eigenvalue weighted by Crippen LogP contribution is 2.51. The Morgan fingerprint density at radius 3 is 2.83 bits per heavy atom. The quantitative estimate of drug-likeness (QED) is 0.730. The van der Waals surface area contributed by atoms with Crippen LogP contribution in [-0.4, -0.2) is 56.7 Å². The van der Waals surface area contributed by atoms with Crippen molar-refractivity contribution in [2.45, 2.75) is 37.1 Å². The van der Waals surface area contributed by atoms with Gasteiger partial charge in [-0.25, -0.2) is 0 Å². The first-order valence-electron chi connectivity index (χ1n) is 10.4. The molecule has 1 N–H and O–H groups in total. The van der Waals surface area contributed by atoms with Crippen LogP contribution < -0.4 is 0 Å². The van der Waals surface area contributed by atoms with Gasteiger partial charge in [0, 0.05) is 18.4 Å². The van der Waals surface area contributed by atoms with E-state index in [1.165, 1.54) is 0 Å². The van der Waals surface area contributed by atoms with Gasteiger partial charge in [-0.2, -0.15) is 5.10 Å². The number of hydrogen-bond acceptors (Lipinski definition) is 4. The maximum Gasteiger partial charge on any atom is 0.229 e. The molecule has 4 heterocycles. The number of amides is 2. The van der Waals surface area contributed by atoms with Gasteiger partial charge in [-0.1, -0.05) is 48.5 Å². The molecule has 0 saturated carbocycles. The summed E-state index contributed by atoms with van der Waals surface area (Å²) in [6.45, 7) is 1.07. The molecule has 0 aliphatic carbocycles. The maximum atomic E-state index is 13.2. The van der Waals surface area contributed by atoms with E-state index in [-0.39, 0.29) is 30.3 Å². The second-order valence-electron chi connectivity index (χ2n) is 8.30. The Labute approximate surface area is 173 Å². The molecule has 1 spiro atoms. The standard InChI is InChI=1S/C23H22N4O3/c28-21(12-18-16-8-4-5-9-17(16)24-25-18)26-11-10-23-20(26)13-22(29)27(23)19(14-30-23)15-6-2-1-3-7-15/h1-9,19-20H,10-14H2,(H,24,25)/t19-,20+,23-/m0/s1. The Kier molecular flexibility index (Phi) is 3.77. The zero-order chi connectivity index (χ0) is 20.3. The van der Waals surface area contributed by atoms with Crippen molar-refractivity contribution in [3.05, 3.63) is 65.9 Å². The number of H-pyrrole nitrogens is 1. The molecular formula is C23H22N4O3. The summed E-state index contributed by atoms with van der Waals surface area (Å²) in [7, 11) is 0. The Morgan fingerprint density at radius 2 is 1.97 bits per heavy atom. The van der Waals surface area contributed by atoms with Crippen molar-refractivity contribution in [3.63, 3.8) is 0 Å². The number of fused-ring (bicyclic) bond motifs is 1. The first-order valence-corrected chi connectivity index (χ1v) is 10.4. The third kappa shape index (κ3) is 2.38. The first-order chi connectivity index (χ1) is 14.7. The largest absolute Gasteiger partial charge is 0.351 e. The summed E-state index contributed by atoms with van der Waals surface area (Å²) in [6, 6.07) is 17.5. The molecule has 6 rings (SSSR count). The molecule has 30 heavy (non-hydrogen) atoms. The maximum absolute atomic E-state index is 13.2. The lowest BCUT2D eigenvalue weighted by molar-refractivity contribution is -0.141. The van der Waals surface area contributed by atoms with Crippen LogP contribution in [0.4, 0.5) is 0 Å². The number of benzene rings is 2. The van der Waals surface area contributed by atoms with Crippen LogP contribution in [0.3, 0.4) is 0 Å². The molecule has 2 aromatic carbocycles. The van der Waals surface area contributed by atoms with E-state index in [1.807, 2.05) is 64.4 Å². The van der Waals surface area contributed by atoms with E-state index in [2.05, 4.69) is 10.2 Å². The van der Waals surface area contributed by atoms with Crippen molar-refractivity contribution in [1.29, 1.82) is 0 Å². The first kappa shape index (κ1) is 17.7. The normalized spacial score (nSPS) is 27.7. The minimum atomic E-state index is -0.691. The molecule has 2 amide bonds. The number of rotatable bonds is 3. The Hall–Kier alpha value is -3.19. The summed E-state index contributed by atoms with van der Waals surface area (Å²) in [5.74, 6) is 0.0727. The van der Waals surface area contributed by atoms with Crippen LogP contribution in [0.2, 0.25) is 0 Å². The predicted octanol–water partition coefficient (Wildman–Crippen LogP) is 2.41. The molecule has 7 nitrogen and oxygen atoms in total. The van der Waals surface area contributed by atoms with E-state index >= 15 is 0 Å². The highest BCUT2D eigenvalue weighted by atomic mass is 16.5. The zero-order valence-corrected chi connectivity index (χ0v) is 16.5. The van der Waals surface area contributed by atoms with E-state index < -0.39 is 5.72 Å². The van der Waals surface area contributed by atoms with Crippen molar-refractivity contribution < 1.29 is 14.3 Å². The van der Waals surface area contributed by atoms with Crippen molar-refractivity contribution in [3.8, 4) is 0 Å². The van der Waals surface area contributed by atoms with E-state index in [9.17, 15) is 9.59 Å². The molecule has 3 aliphatic heterocycles. The van der Waals surface area contributed by atoms with E-state index in [0.29, 0.717) is 26.0 Å². The SMILES string of the molecule is O=C(Cc1[nH]nc2ccccc12)N1CC[C@@]23OC[C@@H](c4ccccc4)N2C(=O)C[C@@H]13.